The minimum atomic E-state index is -0.186. The second kappa shape index (κ2) is 7.11. The maximum absolute atomic E-state index is 13.1. The maximum Gasteiger partial charge on any atom is 0.257 e. The van der Waals surface area contributed by atoms with Crippen molar-refractivity contribution in [3.63, 3.8) is 0 Å². The normalized spacial score (nSPS) is 19.9. The summed E-state index contributed by atoms with van der Waals surface area (Å²) in [5.74, 6) is 2.37. The van der Waals surface area contributed by atoms with Crippen molar-refractivity contribution in [3.05, 3.63) is 35.0 Å². The van der Waals surface area contributed by atoms with E-state index in [1.807, 2.05) is 6.92 Å². The number of likely N-dealkylation sites (tertiary alicyclic amines) is 1. The molecule has 3 heterocycles. The minimum Gasteiger partial charge on any atom is -0.384 e. The third kappa shape index (κ3) is 3.33. The van der Waals surface area contributed by atoms with Crippen molar-refractivity contribution in [3.8, 4) is 0 Å². The average molecular weight is 357 g/mol. The van der Waals surface area contributed by atoms with Crippen LogP contribution in [0, 0.1) is 6.92 Å². The highest BCUT2D eigenvalue weighted by atomic mass is 16.5. The van der Waals surface area contributed by atoms with Crippen LogP contribution in [0.3, 0.4) is 0 Å². The summed E-state index contributed by atoms with van der Waals surface area (Å²) in [6.07, 6.45) is 6.28. The predicted octanol–water partition coefficient (Wildman–Crippen LogP) is 2.21. The van der Waals surface area contributed by atoms with Crippen LogP contribution < -0.4 is 0 Å². The highest BCUT2D eigenvalue weighted by Gasteiger charge is 2.36. The van der Waals surface area contributed by atoms with E-state index >= 15 is 0 Å². The van der Waals surface area contributed by atoms with Gasteiger partial charge in [-0.3, -0.25) is 4.79 Å². The van der Waals surface area contributed by atoms with Crippen LogP contribution >= 0.6 is 0 Å². The molecule has 1 amide bonds. The van der Waals surface area contributed by atoms with Gasteiger partial charge in [0.25, 0.3) is 5.91 Å². The van der Waals surface area contributed by atoms with Gasteiger partial charge in [0.05, 0.1) is 17.9 Å². The van der Waals surface area contributed by atoms with Crippen LogP contribution in [-0.2, 0) is 11.2 Å². The first-order valence-electron chi connectivity index (χ1n) is 9.13. The molecule has 8 nitrogen and oxygen atoms in total. The summed E-state index contributed by atoms with van der Waals surface area (Å²) in [7, 11) is 1.64. The third-order valence-electron chi connectivity index (χ3n) is 4.98. The molecule has 0 N–H and O–H groups in total. The molecule has 1 aliphatic heterocycles. The molecule has 2 fully saturated rings. The zero-order valence-corrected chi connectivity index (χ0v) is 15.1. The summed E-state index contributed by atoms with van der Waals surface area (Å²) in [6.45, 7) is 3.08. The quantitative estimate of drug-likeness (QED) is 0.782. The molecule has 4 rings (SSSR count). The summed E-state index contributed by atoms with van der Waals surface area (Å²) in [6, 6.07) is -0.186. The molecule has 1 atom stereocenters. The molecule has 0 bridgehead atoms. The summed E-state index contributed by atoms with van der Waals surface area (Å²) in [5.41, 5.74) is 1.30. The van der Waals surface area contributed by atoms with Gasteiger partial charge < -0.3 is 14.2 Å². The molecule has 1 saturated carbocycles. The van der Waals surface area contributed by atoms with Gasteiger partial charge >= 0.3 is 0 Å². The zero-order valence-electron chi connectivity index (χ0n) is 15.1. The Morgan fingerprint density at radius 1 is 1.35 bits per heavy atom. The topological polar surface area (TPSA) is 94.2 Å². The van der Waals surface area contributed by atoms with Crippen molar-refractivity contribution in [1.29, 1.82) is 0 Å². The van der Waals surface area contributed by atoms with Crippen LogP contribution in [0.1, 0.15) is 71.2 Å². The Hall–Kier alpha value is -2.35. The number of ether oxygens (including phenoxy) is 1. The maximum atomic E-state index is 13.1. The van der Waals surface area contributed by atoms with Gasteiger partial charge in [0.15, 0.2) is 5.82 Å². The average Bonchev–Trinajstić information content (AvgIpc) is 3.19. The van der Waals surface area contributed by atoms with Gasteiger partial charge in [-0.2, -0.15) is 4.98 Å². The van der Waals surface area contributed by atoms with Crippen LogP contribution in [0.2, 0.25) is 0 Å². The number of methoxy groups -OCH3 is 1. The monoisotopic (exact) mass is 357 g/mol. The van der Waals surface area contributed by atoms with Crippen LogP contribution in [0.25, 0.3) is 0 Å². The number of aromatic nitrogens is 4. The minimum absolute atomic E-state index is 0.0658. The van der Waals surface area contributed by atoms with E-state index < -0.39 is 0 Å². The number of hydrogen-bond donors (Lipinski definition) is 0. The molecule has 2 aromatic heterocycles. The lowest BCUT2D eigenvalue weighted by Crippen LogP contribution is -2.31. The largest absolute Gasteiger partial charge is 0.384 e. The molecule has 2 aromatic rings. The Morgan fingerprint density at radius 2 is 2.19 bits per heavy atom. The Balaban J connectivity index is 1.52. The van der Waals surface area contributed by atoms with Crippen molar-refractivity contribution in [2.75, 3.05) is 20.3 Å². The molecule has 0 unspecified atom stereocenters. The molecule has 1 aliphatic carbocycles. The second-order valence-electron chi connectivity index (χ2n) is 6.95. The Morgan fingerprint density at radius 3 is 2.92 bits per heavy atom. The van der Waals surface area contributed by atoms with Crippen LogP contribution in [0.15, 0.2) is 10.7 Å². The van der Waals surface area contributed by atoms with Crippen LogP contribution in [-0.4, -0.2) is 51.2 Å². The lowest BCUT2D eigenvalue weighted by molar-refractivity contribution is 0.0708. The van der Waals surface area contributed by atoms with Crippen molar-refractivity contribution in [2.24, 2.45) is 0 Å². The van der Waals surface area contributed by atoms with Crippen molar-refractivity contribution < 1.29 is 14.1 Å². The predicted molar refractivity (Wildman–Crippen MR) is 91.6 cm³/mol. The van der Waals surface area contributed by atoms with Gasteiger partial charge in [0.2, 0.25) is 5.89 Å². The van der Waals surface area contributed by atoms with Crippen LogP contribution in [0.4, 0.5) is 0 Å². The Kier molecular flexibility index (Phi) is 4.67. The first-order chi connectivity index (χ1) is 12.7. The number of carbonyl (C=O) groups is 1. The third-order valence-corrected chi connectivity index (χ3v) is 4.98. The number of nitrogens with zero attached hydrogens (tertiary/aromatic N) is 5. The first kappa shape index (κ1) is 17.1. The van der Waals surface area contributed by atoms with Crippen molar-refractivity contribution >= 4 is 5.91 Å². The van der Waals surface area contributed by atoms with Crippen molar-refractivity contribution in [2.45, 2.75) is 51.0 Å². The number of hydrogen-bond acceptors (Lipinski definition) is 7. The van der Waals surface area contributed by atoms with Crippen molar-refractivity contribution in [1.82, 2.24) is 25.0 Å². The molecule has 0 aromatic carbocycles. The summed E-state index contributed by atoms with van der Waals surface area (Å²) in [4.78, 5) is 28.3. The van der Waals surface area contributed by atoms with E-state index in [9.17, 15) is 4.79 Å². The number of rotatable bonds is 6. The lowest BCUT2D eigenvalue weighted by Gasteiger charge is -2.22. The summed E-state index contributed by atoms with van der Waals surface area (Å²) in [5, 5.41) is 3.99. The molecule has 2 aliphatic rings. The summed E-state index contributed by atoms with van der Waals surface area (Å²) < 4.78 is 10.5. The fourth-order valence-corrected chi connectivity index (χ4v) is 3.35. The van der Waals surface area contributed by atoms with E-state index in [0.29, 0.717) is 42.8 Å². The Bertz CT molecular complexity index is 802. The van der Waals surface area contributed by atoms with E-state index in [0.717, 1.165) is 37.2 Å². The molecule has 1 saturated heterocycles. The highest BCUT2D eigenvalue weighted by molar-refractivity contribution is 5.95. The number of carbonyl (C=O) groups excluding carboxylic acids is 1. The molecule has 138 valence electrons. The Labute approximate surface area is 152 Å². The van der Waals surface area contributed by atoms with E-state index in [4.69, 9.17) is 9.26 Å². The molecule has 0 radical (unpaired) electrons. The fourth-order valence-electron chi connectivity index (χ4n) is 3.35. The van der Waals surface area contributed by atoms with Gasteiger partial charge in [0.1, 0.15) is 11.9 Å². The highest BCUT2D eigenvalue weighted by Crippen LogP contribution is 2.38. The van der Waals surface area contributed by atoms with Gasteiger partial charge in [0, 0.05) is 32.2 Å². The molecular weight excluding hydrogens is 334 g/mol. The van der Waals surface area contributed by atoms with Crippen LogP contribution in [0.5, 0.6) is 0 Å². The van der Waals surface area contributed by atoms with Gasteiger partial charge in [-0.1, -0.05) is 5.16 Å². The van der Waals surface area contributed by atoms with E-state index in [1.165, 1.54) is 0 Å². The molecule has 26 heavy (non-hydrogen) atoms. The number of aryl methyl sites for hydroxylation is 1. The van der Waals surface area contributed by atoms with Gasteiger partial charge in [-0.25, -0.2) is 9.97 Å². The lowest BCUT2D eigenvalue weighted by atomic mass is 10.1. The summed E-state index contributed by atoms with van der Waals surface area (Å²) >= 11 is 0. The molecule has 8 heteroatoms. The van der Waals surface area contributed by atoms with E-state index in [1.54, 1.807) is 18.2 Å². The van der Waals surface area contributed by atoms with Gasteiger partial charge in [-0.05, 0) is 32.6 Å². The van der Waals surface area contributed by atoms with Gasteiger partial charge in [-0.15, -0.1) is 0 Å². The number of amides is 1. The standard InChI is InChI=1S/C18H23N5O3/c1-11-13(10-19-16(20-11)12-5-6-12)18(24)23-8-3-4-14(23)17-21-15(22-26-17)7-9-25-2/h10,12,14H,3-9H2,1-2H3/t14-/m0/s1. The smallest absolute Gasteiger partial charge is 0.257 e. The zero-order chi connectivity index (χ0) is 18.1. The second-order valence-corrected chi connectivity index (χ2v) is 6.95. The van der Waals surface area contributed by atoms with E-state index in [-0.39, 0.29) is 11.9 Å². The molecule has 0 spiro atoms. The fraction of sp³-hybridized carbons (Fsp3) is 0.611. The molecular formula is C18H23N5O3. The first-order valence-corrected chi connectivity index (χ1v) is 9.13. The SMILES string of the molecule is COCCc1noc([C@@H]2CCCN2C(=O)c2cnc(C3CC3)nc2C)n1. The van der Waals surface area contributed by atoms with E-state index in [2.05, 4.69) is 20.1 Å².